The lowest BCUT2D eigenvalue weighted by Gasteiger charge is -2.30. The van der Waals surface area contributed by atoms with E-state index in [1.54, 1.807) is 21.0 Å². The van der Waals surface area contributed by atoms with Crippen LogP contribution in [0.3, 0.4) is 0 Å². The molecule has 0 bridgehead atoms. The Morgan fingerprint density at radius 3 is 2.75 bits per heavy atom. The van der Waals surface area contributed by atoms with Gasteiger partial charge in [0.2, 0.25) is 0 Å². The SMILES string of the molecule is COC(C)(C)C(=O)NCC1CCCC(C)N1. The van der Waals surface area contributed by atoms with Crippen molar-refractivity contribution < 1.29 is 9.53 Å². The molecular formula is C12H24N2O2. The van der Waals surface area contributed by atoms with Crippen LogP contribution in [0.25, 0.3) is 0 Å². The van der Waals surface area contributed by atoms with E-state index in [-0.39, 0.29) is 5.91 Å². The van der Waals surface area contributed by atoms with Crippen molar-refractivity contribution >= 4 is 5.91 Å². The van der Waals surface area contributed by atoms with E-state index in [0.717, 1.165) is 6.42 Å². The fourth-order valence-corrected chi connectivity index (χ4v) is 1.92. The summed E-state index contributed by atoms with van der Waals surface area (Å²) in [6, 6.07) is 0.964. The van der Waals surface area contributed by atoms with Gasteiger partial charge in [-0.05, 0) is 33.6 Å². The van der Waals surface area contributed by atoms with E-state index < -0.39 is 5.60 Å². The number of piperidine rings is 1. The zero-order valence-corrected chi connectivity index (χ0v) is 10.8. The standard InChI is InChI=1S/C12H24N2O2/c1-9-6-5-7-10(14-9)8-13-11(15)12(2,3)16-4/h9-10,14H,5-8H2,1-4H3,(H,13,15). The summed E-state index contributed by atoms with van der Waals surface area (Å²) in [5, 5.41) is 6.42. The summed E-state index contributed by atoms with van der Waals surface area (Å²) in [7, 11) is 1.56. The number of amides is 1. The summed E-state index contributed by atoms with van der Waals surface area (Å²) < 4.78 is 5.13. The van der Waals surface area contributed by atoms with Crippen LogP contribution >= 0.6 is 0 Å². The summed E-state index contributed by atoms with van der Waals surface area (Å²) in [5.74, 6) is -0.0463. The molecule has 94 valence electrons. The molecule has 0 aromatic carbocycles. The van der Waals surface area contributed by atoms with Crippen molar-refractivity contribution in [1.29, 1.82) is 0 Å². The second kappa shape index (κ2) is 5.64. The average molecular weight is 228 g/mol. The van der Waals surface area contributed by atoms with Crippen molar-refractivity contribution in [3.8, 4) is 0 Å². The van der Waals surface area contributed by atoms with Gasteiger partial charge in [0.15, 0.2) is 0 Å². The van der Waals surface area contributed by atoms with Gasteiger partial charge >= 0.3 is 0 Å². The van der Waals surface area contributed by atoms with E-state index in [1.165, 1.54) is 12.8 Å². The van der Waals surface area contributed by atoms with Gasteiger partial charge in [-0.1, -0.05) is 6.42 Å². The van der Waals surface area contributed by atoms with Gasteiger partial charge in [-0.3, -0.25) is 4.79 Å². The summed E-state index contributed by atoms with van der Waals surface area (Å²) in [6.45, 7) is 6.43. The molecule has 1 amide bonds. The third-order valence-electron chi connectivity index (χ3n) is 3.28. The molecule has 1 heterocycles. The van der Waals surface area contributed by atoms with Crippen molar-refractivity contribution in [2.75, 3.05) is 13.7 Å². The molecule has 0 aliphatic carbocycles. The number of carbonyl (C=O) groups is 1. The Labute approximate surface area is 98.1 Å². The van der Waals surface area contributed by atoms with Gasteiger partial charge in [0, 0.05) is 25.7 Å². The number of hydrogen-bond acceptors (Lipinski definition) is 3. The van der Waals surface area contributed by atoms with Gasteiger partial charge in [-0.15, -0.1) is 0 Å². The van der Waals surface area contributed by atoms with E-state index in [2.05, 4.69) is 17.6 Å². The highest BCUT2D eigenvalue weighted by molar-refractivity contribution is 5.84. The minimum absolute atomic E-state index is 0.0463. The van der Waals surface area contributed by atoms with Crippen molar-refractivity contribution in [2.45, 2.75) is 57.7 Å². The minimum Gasteiger partial charge on any atom is -0.369 e. The first kappa shape index (κ1) is 13.5. The van der Waals surface area contributed by atoms with Crippen LogP contribution in [0.1, 0.15) is 40.0 Å². The molecule has 2 unspecified atom stereocenters. The van der Waals surface area contributed by atoms with E-state index in [1.807, 2.05) is 0 Å². The summed E-state index contributed by atoms with van der Waals surface area (Å²) >= 11 is 0. The number of carbonyl (C=O) groups excluding carboxylic acids is 1. The third-order valence-corrected chi connectivity index (χ3v) is 3.28. The number of rotatable bonds is 4. The lowest BCUT2D eigenvalue weighted by Crippen LogP contribution is -2.51. The zero-order chi connectivity index (χ0) is 12.2. The molecule has 0 aromatic rings. The summed E-state index contributed by atoms with van der Waals surface area (Å²) in [4.78, 5) is 11.8. The molecule has 1 aliphatic heterocycles. The predicted octanol–water partition coefficient (Wildman–Crippen LogP) is 1.06. The normalized spacial score (nSPS) is 26.5. The number of hydrogen-bond donors (Lipinski definition) is 2. The molecule has 1 rings (SSSR count). The van der Waals surface area contributed by atoms with Gasteiger partial charge in [0.1, 0.15) is 5.60 Å². The van der Waals surface area contributed by atoms with E-state index >= 15 is 0 Å². The maximum absolute atomic E-state index is 11.8. The largest absolute Gasteiger partial charge is 0.369 e. The molecular weight excluding hydrogens is 204 g/mol. The van der Waals surface area contributed by atoms with Gasteiger partial charge in [-0.2, -0.15) is 0 Å². The van der Waals surface area contributed by atoms with Crippen LogP contribution in [0, 0.1) is 0 Å². The second-order valence-corrected chi connectivity index (χ2v) is 5.12. The monoisotopic (exact) mass is 228 g/mol. The first-order valence-electron chi connectivity index (χ1n) is 6.05. The number of nitrogens with one attached hydrogen (secondary N) is 2. The summed E-state index contributed by atoms with van der Waals surface area (Å²) in [5.41, 5.74) is -0.736. The Balaban J connectivity index is 2.31. The first-order valence-corrected chi connectivity index (χ1v) is 6.05. The molecule has 4 nitrogen and oxygen atoms in total. The lowest BCUT2D eigenvalue weighted by atomic mass is 9.99. The smallest absolute Gasteiger partial charge is 0.251 e. The van der Waals surface area contributed by atoms with E-state index in [4.69, 9.17) is 4.74 Å². The van der Waals surface area contributed by atoms with Gasteiger partial charge < -0.3 is 15.4 Å². The quantitative estimate of drug-likeness (QED) is 0.756. The Hall–Kier alpha value is -0.610. The number of ether oxygens (including phenoxy) is 1. The Bertz CT molecular complexity index is 241. The molecule has 0 aromatic heterocycles. The molecule has 0 spiro atoms. The van der Waals surface area contributed by atoms with Crippen molar-refractivity contribution in [2.24, 2.45) is 0 Å². The molecule has 1 aliphatic rings. The second-order valence-electron chi connectivity index (χ2n) is 5.12. The fraction of sp³-hybridized carbons (Fsp3) is 0.917. The number of methoxy groups -OCH3 is 1. The van der Waals surface area contributed by atoms with Crippen LogP contribution in [0.5, 0.6) is 0 Å². The Kier molecular flexibility index (Phi) is 4.74. The van der Waals surface area contributed by atoms with Crippen molar-refractivity contribution in [3.63, 3.8) is 0 Å². The average Bonchev–Trinajstić information content (AvgIpc) is 2.26. The highest BCUT2D eigenvalue weighted by atomic mass is 16.5. The fourth-order valence-electron chi connectivity index (χ4n) is 1.92. The summed E-state index contributed by atoms with van der Waals surface area (Å²) in [6.07, 6.45) is 3.61. The maximum atomic E-state index is 11.8. The van der Waals surface area contributed by atoms with Gasteiger partial charge in [0.05, 0.1) is 0 Å². The predicted molar refractivity (Wildman–Crippen MR) is 64.3 cm³/mol. The van der Waals surface area contributed by atoms with E-state index in [0.29, 0.717) is 18.6 Å². The highest BCUT2D eigenvalue weighted by Crippen LogP contribution is 2.12. The molecule has 0 radical (unpaired) electrons. The first-order chi connectivity index (χ1) is 7.45. The van der Waals surface area contributed by atoms with Crippen LogP contribution in [-0.4, -0.2) is 37.2 Å². The Morgan fingerprint density at radius 2 is 2.19 bits per heavy atom. The molecule has 0 saturated carbocycles. The molecule has 1 saturated heterocycles. The molecule has 1 fully saturated rings. The zero-order valence-electron chi connectivity index (χ0n) is 10.8. The van der Waals surface area contributed by atoms with E-state index in [9.17, 15) is 4.79 Å². The molecule has 2 N–H and O–H groups in total. The van der Waals surface area contributed by atoms with Crippen LogP contribution in [0.2, 0.25) is 0 Å². The van der Waals surface area contributed by atoms with Gasteiger partial charge in [-0.25, -0.2) is 0 Å². The van der Waals surface area contributed by atoms with Gasteiger partial charge in [0.25, 0.3) is 5.91 Å². The molecule has 2 atom stereocenters. The van der Waals surface area contributed by atoms with Crippen molar-refractivity contribution in [3.05, 3.63) is 0 Å². The minimum atomic E-state index is -0.736. The molecule has 16 heavy (non-hydrogen) atoms. The van der Waals surface area contributed by atoms with Crippen molar-refractivity contribution in [1.82, 2.24) is 10.6 Å². The van der Waals surface area contributed by atoms with Crippen LogP contribution in [0.4, 0.5) is 0 Å². The van der Waals surface area contributed by atoms with Crippen LogP contribution in [0.15, 0.2) is 0 Å². The lowest BCUT2D eigenvalue weighted by molar-refractivity contribution is -0.139. The maximum Gasteiger partial charge on any atom is 0.251 e. The highest BCUT2D eigenvalue weighted by Gasteiger charge is 2.27. The third kappa shape index (κ3) is 3.76. The Morgan fingerprint density at radius 1 is 1.50 bits per heavy atom. The van der Waals surface area contributed by atoms with Crippen LogP contribution < -0.4 is 10.6 Å². The topological polar surface area (TPSA) is 50.4 Å². The molecule has 4 heteroatoms. The van der Waals surface area contributed by atoms with Crippen LogP contribution in [-0.2, 0) is 9.53 Å².